The number of thiazole rings is 1. The van der Waals surface area contributed by atoms with Crippen molar-refractivity contribution >= 4 is 11.3 Å². The molecule has 1 N–H and O–H groups in total. The van der Waals surface area contributed by atoms with Crippen LogP contribution in [0.25, 0.3) is 10.6 Å². The lowest BCUT2D eigenvalue weighted by atomic mass is 10.3. The summed E-state index contributed by atoms with van der Waals surface area (Å²) in [6, 6.07) is 1.96. The number of hydrogen-bond donors (Lipinski definition) is 1. The largest absolute Gasteiger partial charge is 0.469 e. The Hall–Kier alpha value is -1.17. The average Bonchev–Trinajstić information content (AvgIpc) is 2.94. The molecule has 18 heavy (non-hydrogen) atoms. The van der Waals surface area contributed by atoms with Crippen LogP contribution in [0.15, 0.2) is 16.7 Å². The summed E-state index contributed by atoms with van der Waals surface area (Å²) in [5.74, 6) is 0.905. The first kappa shape index (κ1) is 13.3. The Labute approximate surface area is 111 Å². The topological polar surface area (TPSA) is 47.3 Å². The lowest BCUT2D eigenvalue weighted by Crippen LogP contribution is -2.12. The van der Waals surface area contributed by atoms with Crippen molar-refractivity contribution in [2.45, 2.75) is 27.0 Å². The SMILES string of the molecule is CCNCc1sc(-c2ccoc2C)nc1COC. The zero-order chi connectivity index (χ0) is 13.0. The molecule has 5 heteroatoms. The van der Waals surface area contributed by atoms with Crippen molar-refractivity contribution < 1.29 is 9.15 Å². The Kier molecular flexibility index (Phi) is 4.52. The van der Waals surface area contributed by atoms with Gasteiger partial charge in [0, 0.05) is 18.5 Å². The van der Waals surface area contributed by atoms with E-state index in [0.29, 0.717) is 6.61 Å². The van der Waals surface area contributed by atoms with Crippen LogP contribution in [0.1, 0.15) is 23.3 Å². The van der Waals surface area contributed by atoms with Crippen molar-refractivity contribution in [1.82, 2.24) is 10.3 Å². The molecule has 0 saturated heterocycles. The van der Waals surface area contributed by atoms with Gasteiger partial charge < -0.3 is 14.5 Å². The first-order valence-corrected chi connectivity index (χ1v) is 6.80. The second-order valence-corrected chi connectivity index (χ2v) is 5.08. The molecule has 0 radical (unpaired) electrons. The third-order valence-electron chi connectivity index (χ3n) is 2.68. The van der Waals surface area contributed by atoms with E-state index >= 15 is 0 Å². The normalized spacial score (nSPS) is 11.1. The molecule has 0 amide bonds. The molecule has 0 spiro atoms. The standard InChI is InChI=1S/C13H18N2O2S/c1-4-14-7-12-11(8-16-3)15-13(18-12)10-5-6-17-9(10)2/h5-6,14H,4,7-8H2,1-3H3. The van der Waals surface area contributed by atoms with Gasteiger partial charge in [-0.15, -0.1) is 11.3 Å². The maximum absolute atomic E-state index is 5.33. The van der Waals surface area contributed by atoms with Gasteiger partial charge >= 0.3 is 0 Å². The zero-order valence-corrected chi connectivity index (χ0v) is 11.8. The van der Waals surface area contributed by atoms with Gasteiger partial charge in [0.15, 0.2) is 0 Å². The first-order chi connectivity index (χ1) is 8.76. The second-order valence-electron chi connectivity index (χ2n) is 3.99. The fourth-order valence-electron chi connectivity index (χ4n) is 1.73. The van der Waals surface area contributed by atoms with E-state index in [1.54, 1.807) is 24.7 Å². The molecule has 2 aromatic rings. The molecule has 0 aliphatic rings. The summed E-state index contributed by atoms with van der Waals surface area (Å²) in [4.78, 5) is 5.88. The van der Waals surface area contributed by atoms with Crippen molar-refractivity contribution in [3.63, 3.8) is 0 Å². The number of furan rings is 1. The smallest absolute Gasteiger partial charge is 0.127 e. The highest BCUT2D eigenvalue weighted by Crippen LogP contribution is 2.31. The molecule has 0 aliphatic heterocycles. The predicted octanol–water partition coefficient (Wildman–Crippen LogP) is 2.97. The first-order valence-electron chi connectivity index (χ1n) is 5.99. The molecule has 0 fully saturated rings. The van der Waals surface area contributed by atoms with Crippen molar-refractivity contribution in [3.8, 4) is 10.6 Å². The van der Waals surface area contributed by atoms with Gasteiger partial charge in [-0.25, -0.2) is 4.98 Å². The van der Waals surface area contributed by atoms with Crippen LogP contribution in [0.2, 0.25) is 0 Å². The summed E-state index contributed by atoms with van der Waals surface area (Å²) in [5.41, 5.74) is 2.08. The van der Waals surface area contributed by atoms with E-state index in [9.17, 15) is 0 Å². The molecular formula is C13H18N2O2S. The molecular weight excluding hydrogens is 248 g/mol. The number of rotatable bonds is 6. The Balaban J connectivity index is 2.29. The molecule has 0 atom stereocenters. The number of methoxy groups -OCH3 is 1. The Morgan fingerprint density at radius 1 is 1.50 bits per heavy atom. The third kappa shape index (κ3) is 2.80. The number of ether oxygens (including phenoxy) is 1. The average molecular weight is 266 g/mol. The van der Waals surface area contributed by atoms with E-state index in [0.717, 1.165) is 35.1 Å². The highest BCUT2D eigenvalue weighted by Gasteiger charge is 2.14. The van der Waals surface area contributed by atoms with Gasteiger partial charge in [0.2, 0.25) is 0 Å². The fraction of sp³-hybridized carbons (Fsp3) is 0.462. The Morgan fingerprint density at radius 2 is 2.33 bits per heavy atom. The number of aryl methyl sites for hydroxylation is 1. The van der Waals surface area contributed by atoms with Gasteiger partial charge in [-0.1, -0.05) is 6.92 Å². The highest BCUT2D eigenvalue weighted by atomic mass is 32.1. The monoisotopic (exact) mass is 266 g/mol. The summed E-state index contributed by atoms with van der Waals surface area (Å²) in [6.45, 7) is 6.39. The van der Waals surface area contributed by atoms with Crippen LogP contribution in [0, 0.1) is 6.92 Å². The van der Waals surface area contributed by atoms with E-state index < -0.39 is 0 Å². The molecule has 2 rings (SSSR count). The summed E-state index contributed by atoms with van der Waals surface area (Å²) in [6.07, 6.45) is 1.70. The van der Waals surface area contributed by atoms with Crippen molar-refractivity contribution in [3.05, 3.63) is 28.7 Å². The van der Waals surface area contributed by atoms with Crippen LogP contribution in [-0.2, 0) is 17.9 Å². The van der Waals surface area contributed by atoms with Crippen molar-refractivity contribution in [1.29, 1.82) is 0 Å². The van der Waals surface area contributed by atoms with Gasteiger partial charge in [-0.3, -0.25) is 0 Å². The minimum Gasteiger partial charge on any atom is -0.469 e. The highest BCUT2D eigenvalue weighted by molar-refractivity contribution is 7.15. The van der Waals surface area contributed by atoms with Gasteiger partial charge in [-0.05, 0) is 19.5 Å². The molecule has 98 valence electrons. The van der Waals surface area contributed by atoms with Crippen molar-refractivity contribution in [2.24, 2.45) is 0 Å². The third-order valence-corrected chi connectivity index (χ3v) is 3.82. The lowest BCUT2D eigenvalue weighted by molar-refractivity contribution is 0.181. The van der Waals surface area contributed by atoms with E-state index in [1.807, 2.05) is 13.0 Å². The quantitative estimate of drug-likeness (QED) is 0.873. The maximum Gasteiger partial charge on any atom is 0.127 e. The molecule has 0 aromatic carbocycles. The zero-order valence-electron chi connectivity index (χ0n) is 10.9. The van der Waals surface area contributed by atoms with Crippen LogP contribution in [0.4, 0.5) is 0 Å². The summed E-state index contributed by atoms with van der Waals surface area (Å²) in [5, 5.41) is 4.33. The maximum atomic E-state index is 5.33. The number of nitrogens with one attached hydrogen (secondary N) is 1. The van der Waals surface area contributed by atoms with Gasteiger partial charge in [0.05, 0.1) is 24.1 Å². The lowest BCUT2D eigenvalue weighted by Gasteiger charge is -2.00. The van der Waals surface area contributed by atoms with Crippen LogP contribution in [0.5, 0.6) is 0 Å². The molecule has 4 nitrogen and oxygen atoms in total. The Morgan fingerprint density at radius 3 is 2.94 bits per heavy atom. The summed E-state index contributed by atoms with van der Waals surface area (Å²) >= 11 is 1.70. The molecule has 0 saturated carbocycles. The molecule has 0 bridgehead atoms. The van der Waals surface area contributed by atoms with Crippen molar-refractivity contribution in [2.75, 3.05) is 13.7 Å². The summed E-state index contributed by atoms with van der Waals surface area (Å²) in [7, 11) is 1.69. The second kappa shape index (κ2) is 6.13. The van der Waals surface area contributed by atoms with E-state index in [1.165, 1.54) is 4.88 Å². The number of aromatic nitrogens is 1. The van der Waals surface area contributed by atoms with Crippen LogP contribution >= 0.6 is 11.3 Å². The molecule has 2 heterocycles. The van der Waals surface area contributed by atoms with Crippen LogP contribution in [-0.4, -0.2) is 18.6 Å². The van der Waals surface area contributed by atoms with E-state index in [-0.39, 0.29) is 0 Å². The molecule has 2 aromatic heterocycles. The minimum atomic E-state index is 0.550. The molecule has 0 aliphatic carbocycles. The number of hydrogen-bond acceptors (Lipinski definition) is 5. The predicted molar refractivity (Wildman–Crippen MR) is 72.6 cm³/mol. The van der Waals surface area contributed by atoms with Crippen LogP contribution < -0.4 is 5.32 Å². The number of nitrogens with zero attached hydrogens (tertiary/aromatic N) is 1. The molecule has 0 unspecified atom stereocenters. The van der Waals surface area contributed by atoms with E-state index in [2.05, 4.69) is 17.2 Å². The van der Waals surface area contributed by atoms with Gasteiger partial charge in [0.1, 0.15) is 10.8 Å². The van der Waals surface area contributed by atoms with Gasteiger partial charge in [0.25, 0.3) is 0 Å². The fourth-order valence-corrected chi connectivity index (χ4v) is 2.84. The summed E-state index contributed by atoms with van der Waals surface area (Å²) < 4.78 is 10.5. The van der Waals surface area contributed by atoms with E-state index in [4.69, 9.17) is 9.15 Å². The minimum absolute atomic E-state index is 0.550. The van der Waals surface area contributed by atoms with Crippen LogP contribution in [0.3, 0.4) is 0 Å². The Bertz CT molecular complexity index is 505. The van der Waals surface area contributed by atoms with Gasteiger partial charge in [-0.2, -0.15) is 0 Å².